The summed E-state index contributed by atoms with van der Waals surface area (Å²) in [6.07, 6.45) is 10.4. The molecule has 0 spiro atoms. The van der Waals surface area contributed by atoms with E-state index in [0.717, 1.165) is 12.2 Å². The van der Waals surface area contributed by atoms with Gasteiger partial charge in [-0.3, -0.25) is 4.79 Å². The summed E-state index contributed by atoms with van der Waals surface area (Å²) in [5.74, 6) is -0.486. The normalized spacial score (nSPS) is 11.2. The Morgan fingerprint density at radius 2 is 1.03 bits per heavy atom. The Balaban J connectivity index is 1.24. The van der Waals surface area contributed by atoms with E-state index in [1.165, 1.54) is 38.8 Å². The first-order valence-corrected chi connectivity index (χ1v) is 20.2. The molecule has 66 heavy (non-hydrogen) atoms. The van der Waals surface area contributed by atoms with Crippen LogP contribution in [0.4, 0.5) is 0 Å². The molecular formula is C50H46N4O12. The number of hydrogen-bond acceptors (Lipinski definition) is 15. The zero-order valence-corrected chi connectivity index (χ0v) is 36.3. The van der Waals surface area contributed by atoms with Gasteiger partial charge in [0.25, 0.3) is 5.70 Å². The lowest BCUT2D eigenvalue weighted by Crippen LogP contribution is -2.10. The number of unbranched alkanes of at least 4 members (excludes halogenated alkanes) is 2. The van der Waals surface area contributed by atoms with Crippen LogP contribution in [0.15, 0.2) is 132 Å². The molecule has 0 atom stereocenters. The van der Waals surface area contributed by atoms with Crippen molar-refractivity contribution in [2.45, 2.75) is 25.7 Å². The Morgan fingerprint density at radius 3 is 1.45 bits per heavy atom. The fourth-order valence-corrected chi connectivity index (χ4v) is 5.39. The number of carbonyl (C=O) groups excluding carboxylic acids is 4. The zero-order chi connectivity index (χ0) is 47.5. The van der Waals surface area contributed by atoms with Crippen molar-refractivity contribution < 1.29 is 57.1 Å². The Hall–Kier alpha value is -8.76. The van der Waals surface area contributed by atoms with E-state index < -0.39 is 23.9 Å². The van der Waals surface area contributed by atoms with Crippen molar-refractivity contribution in [1.82, 2.24) is 0 Å². The summed E-state index contributed by atoms with van der Waals surface area (Å²) < 4.78 is 43.2. The van der Waals surface area contributed by atoms with Crippen molar-refractivity contribution in [2.75, 3.05) is 40.6 Å². The largest absolute Gasteiger partial charge is 0.493 e. The topological polar surface area (TPSA) is 195 Å². The molecule has 0 aliphatic heterocycles. The molecule has 0 saturated carbocycles. The quantitative estimate of drug-likeness (QED) is 0.00902. The Kier molecular flexibility index (Phi) is 20.7. The SMILES string of the molecule is [C-]#[N+]/C(=C\c1ccc(OCCCCOC(=O)C=C)c(OC)c1)C(=O)Oc1ccc(/C=N\N=C/c2ccc(OC(=O)/C(C#N)=C/c3ccc(OCCCCOC(=O)C=C)c(OC)c3)cc2)cc1. The van der Waals surface area contributed by atoms with Crippen LogP contribution >= 0.6 is 0 Å². The molecule has 4 rings (SSSR count). The lowest BCUT2D eigenvalue weighted by atomic mass is 10.1. The van der Waals surface area contributed by atoms with E-state index in [-0.39, 0.29) is 36.0 Å². The van der Waals surface area contributed by atoms with Crippen molar-refractivity contribution in [1.29, 1.82) is 5.26 Å². The fraction of sp³-hybridized carbons (Fsp3) is 0.200. The van der Waals surface area contributed by atoms with Crippen LogP contribution in [0, 0.1) is 17.9 Å². The van der Waals surface area contributed by atoms with Crippen LogP contribution in [0.1, 0.15) is 47.9 Å². The lowest BCUT2D eigenvalue weighted by Gasteiger charge is -2.11. The second-order valence-electron chi connectivity index (χ2n) is 13.4. The molecule has 0 fully saturated rings. The van der Waals surface area contributed by atoms with Gasteiger partial charge in [-0.15, -0.1) is 0 Å². The predicted molar refractivity (Wildman–Crippen MR) is 245 cm³/mol. The summed E-state index contributed by atoms with van der Waals surface area (Å²) >= 11 is 0. The molecule has 0 bridgehead atoms. The minimum Gasteiger partial charge on any atom is -0.493 e. The molecule has 0 aliphatic carbocycles. The number of methoxy groups -OCH3 is 2. The molecule has 16 nitrogen and oxygen atoms in total. The molecule has 0 N–H and O–H groups in total. The van der Waals surface area contributed by atoms with E-state index in [2.05, 4.69) is 28.2 Å². The standard InChI is InChI=1S/C50H46N4O12/c1-6-47(55)63-26-10-8-24-61-43-22-16-37(30-45(43)59-4)28-39(32-51)49(57)65-40-18-12-35(13-19-40)33-53-54-34-36-14-20-41(21-15-36)66-50(58)42(52-3)29-38-17-23-44(46(31-38)60-5)62-25-9-11-27-64-48(56)7-2/h6-7,12-23,28-31,33-34H,1-2,8-11,24-27H2,4-5H3/b39-28+,42-29-,53-33-,54-34-. The van der Waals surface area contributed by atoms with Crippen LogP contribution in [0.5, 0.6) is 34.5 Å². The third-order valence-corrected chi connectivity index (χ3v) is 8.74. The number of hydrogen-bond donors (Lipinski definition) is 0. The second kappa shape index (κ2) is 27.3. The highest BCUT2D eigenvalue weighted by atomic mass is 16.5. The Morgan fingerprint density at radius 1 is 0.606 bits per heavy atom. The molecule has 0 saturated heterocycles. The Labute approximate surface area is 382 Å². The highest BCUT2D eigenvalue weighted by molar-refractivity contribution is 5.99. The van der Waals surface area contributed by atoms with Gasteiger partial charge in [0.2, 0.25) is 0 Å². The Bertz CT molecular complexity index is 2370. The van der Waals surface area contributed by atoms with E-state index in [1.807, 2.05) is 6.07 Å². The molecule has 0 radical (unpaired) electrons. The highest BCUT2D eigenvalue weighted by Gasteiger charge is 2.16. The first-order chi connectivity index (χ1) is 32.1. The maximum atomic E-state index is 12.9. The van der Waals surface area contributed by atoms with Crippen molar-refractivity contribution in [3.05, 3.63) is 155 Å². The average molecular weight is 895 g/mol. The zero-order valence-electron chi connectivity index (χ0n) is 36.3. The third-order valence-electron chi connectivity index (χ3n) is 8.74. The number of carbonyl (C=O) groups is 4. The van der Waals surface area contributed by atoms with Crippen molar-refractivity contribution in [3.8, 4) is 40.6 Å². The van der Waals surface area contributed by atoms with Crippen LogP contribution < -0.4 is 28.4 Å². The van der Waals surface area contributed by atoms with Crippen LogP contribution in [-0.4, -0.2) is 77.0 Å². The summed E-state index contributed by atoms with van der Waals surface area (Å²) in [4.78, 5) is 51.3. The van der Waals surface area contributed by atoms with Gasteiger partial charge >= 0.3 is 23.9 Å². The molecular weight excluding hydrogens is 849 g/mol. The van der Waals surface area contributed by atoms with Crippen molar-refractivity contribution in [3.63, 3.8) is 0 Å². The van der Waals surface area contributed by atoms with E-state index >= 15 is 0 Å². The summed E-state index contributed by atoms with van der Waals surface area (Å²) in [6.45, 7) is 15.5. The maximum absolute atomic E-state index is 12.9. The van der Waals surface area contributed by atoms with Crippen molar-refractivity contribution in [2.24, 2.45) is 10.2 Å². The molecule has 0 aromatic heterocycles. The summed E-state index contributed by atoms with van der Waals surface area (Å²) in [7, 11) is 2.95. The van der Waals surface area contributed by atoms with Gasteiger partial charge in [0.15, 0.2) is 23.0 Å². The van der Waals surface area contributed by atoms with Gasteiger partial charge < -0.3 is 37.9 Å². The van der Waals surface area contributed by atoms with Crippen molar-refractivity contribution >= 4 is 48.5 Å². The van der Waals surface area contributed by atoms with E-state index in [0.29, 0.717) is 84.1 Å². The number of nitrogens with zero attached hydrogens (tertiary/aromatic N) is 4. The number of esters is 4. The summed E-state index contributed by atoms with van der Waals surface area (Å²) in [6, 6.07) is 24.6. The van der Waals surface area contributed by atoms with Crippen LogP contribution in [0.25, 0.3) is 17.0 Å². The van der Waals surface area contributed by atoms with Crippen LogP contribution in [0.2, 0.25) is 0 Å². The van der Waals surface area contributed by atoms with Gasteiger partial charge in [0.05, 0.1) is 59.6 Å². The molecule has 0 heterocycles. The smallest absolute Gasteiger partial charge is 0.354 e. The molecule has 4 aromatic rings. The van der Waals surface area contributed by atoms with Crippen LogP contribution in [0.3, 0.4) is 0 Å². The summed E-state index contributed by atoms with van der Waals surface area (Å²) in [5.41, 5.74) is 1.85. The minimum atomic E-state index is -0.852. The van der Waals surface area contributed by atoms with E-state index in [1.54, 1.807) is 84.9 Å². The predicted octanol–water partition coefficient (Wildman–Crippen LogP) is 8.31. The molecule has 0 aliphatic rings. The molecule has 16 heteroatoms. The number of rotatable bonds is 25. The number of ether oxygens (including phenoxy) is 8. The van der Waals surface area contributed by atoms with Gasteiger partial charge in [-0.1, -0.05) is 25.3 Å². The fourth-order valence-electron chi connectivity index (χ4n) is 5.39. The van der Waals surface area contributed by atoms with Crippen LogP contribution in [-0.2, 0) is 28.7 Å². The maximum Gasteiger partial charge on any atom is 0.354 e. The minimum absolute atomic E-state index is 0.206. The van der Waals surface area contributed by atoms with Gasteiger partial charge in [-0.2, -0.15) is 15.5 Å². The number of nitriles is 1. The van der Waals surface area contributed by atoms with Gasteiger partial charge in [0.1, 0.15) is 23.1 Å². The molecule has 0 unspecified atom stereocenters. The van der Waals surface area contributed by atoms with Gasteiger partial charge in [0, 0.05) is 12.2 Å². The lowest BCUT2D eigenvalue weighted by molar-refractivity contribution is -0.138. The summed E-state index contributed by atoms with van der Waals surface area (Å²) in [5, 5.41) is 17.8. The van der Waals surface area contributed by atoms with Gasteiger partial charge in [-0.25, -0.2) is 19.2 Å². The first-order valence-electron chi connectivity index (χ1n) is 20.2. The van der Waals surface area contributed by atoms with E-state index in [4.69, 9.17) is 44.5 Å². The first kappa shape index (κ1) is 49.9. The average Bonchev–Trinajstić information content (AvgIpc) is 3.34. The molecule has 0 amide bonds. The van der Waals surface area contributed by atoms with Gasteiger partial charge in [-0.05, 0) is 133 Å². The molecule has 338 valence electrons. The molecule has 4 aromatic carbocycles. The third kappa shape index (κ3) is 16.8. The highest BCUT2D eigenvalue weighted by Crippen LogP contribution is 2.31. The number of benzene rings is 4. The monoisotopic (exact) mass is 894 g/mol. The van der Waals surface area contributed by atoms with E-state index in [9.17, 15) is 24.4 Å². The second-order valence-corrected chi connectivity index (χ2v) is 13.4.